The van der Waals surface area contributed by atoms with Gasteiger partial charge in [0.05, 0.1) is 6.04 Å². The molecule has 2 aliphatic rings. The number of piperidine rings is 1. The Morgan fingerprint density at radius 3 is 2.37 bits per heavy atom. The molecule has 2 fully saturated rings. The van der Waals surface area contributed by atoms with Crippen LogP contribution in [-0.4, -0.2) is 50.4 Å². The lowest BCUT2D eigenvalue weighted by Crippen LogP contribution is -2.48. The summed E-state index contributed by atoms with van der Waals surface area (Å²) < 4.78 is 55.2. The van der Waals surface area contributed by atoms with E-state index < -0.39 is 12.1 Å². The van der Waals surface area contributed by atoms with E-state index in [4.69, 9.17) is 9.26 Å². The van der Waals surface area contributed by atoms with Gasteiger partial charge in [-0.2, -0.15) is 9.97 Å². The number of hydrogen-bond acceptors (Lipinski definition) is 9. The number of nitrogens with one attached hydrogen (secondary N) is 1. The Bertz CT molecular complexity index is 1170. The molecule has 1 N–H and O–H groups in total. The second-order valence-electron chi connectivity index (χ2n) is 9.15. The third-order valence-corrected chi connectivity index (χ3v) is 6.28. The Morgan fingerprint density at radius 2 is 1.77 bits per heavy atom. The van der Waals surface area contributed by atoms with Crippen molar-refractivity contribution in [1.82, 2.24) is 24.9 Å². The molecular weight excluding hydrogens is 467 g/mol. The summed E-state index contributed by atoms with van der Waals surface area (Å²) in [5.74, 6) is 1.08. The molecule has 13 heteroatoms. The zero-order valence-electron chi connectivity index (χ0n) is 19.5. The van der Waals surface area contributed by atoms with Crippen LogP contribution in [0.1, 0.15) is 38.6 Å². The van der Waals surface area contributed by atoms with Crippen LogP contribution in [0.2, 0.25) is 0 Å². The summed E-state index contributed by atoms with van der Waals surface area (Å²) in [5, 5.41) is 11.9. The fourth-order valence-electron chi connectivity index (χ4n) is 4.80. The minimum Gasteiger partial charge on any atom is -0.420 e. The number of nitrogens with zero attached hydrogens (tertiary/aromatic N) is 6. The van der Waals surface area contributed by atoms with E-state index in [1.807, 2.05) is 13.8 Å². The molecule has 1 aliphatic carbocycles. The average molecular weight is 493 g/mol. The molecule has 2 unspecified atom stereocenters. The molecule has 0 spiro atoms. The van der Waals surface area contributed by atoms with Crippen molar-refractivity contribution >= 4 is 12.0 Å². The van der Waals surface area contributed by atoms with E-state index in [0.717, 1.165) is 25.9 Å². The summed E-state index contributed by atoms with van der Waals surface area (Å²) in [4.78, 5) is 10.9. The molecule has 1 saturated carbocycles. The first-order chi connectivity index (χ1) is 16.7. The monoisotopic (exact) mass is 493 g/mol. The average Bonchev–Trinajstić information content (AvgIpc) is 3.45. The van der Waals surface area contributed by atoms with E-state index >= 15 is 0 Å². The zero-order valence-corrected chi connectivity index (χ0v) is 19.5. The maximum Gasteiger partial charge on any atom is 0.573 e. The lowest BCUT2D eigenvalue weighted by molar-refractivity contribution is -0.275. The Labute approximate surface area is 199 Å². The fraction of sp³-hybridized carbons (Fsp3) is 0.545. The summed E-state index contributed by atoms with van der Waals surface area (Å²) in [7, 11) is 0. The van der Waals surface area contributed by atoms with Crippen molar-refractivity contribution in [3.05, 3.63) is 30.1 Å². The highest BCUT2D eigenvalue weighted by atomic mass is 19.4. The number of fused-ring (bicyclic) bond motifs is 2. The fourth-order valence-corrected chi connectivity index (χ4v) is 4.80. The van der Waals surface area contributed by atoms with Gasteiger partial charge in [0.25, 0.3) is 0 Å². The van der Waals surface area contributed by atoms with Crippen molar-refractivity contribution in [2.24, 2.45) is 11.8 Å². The standard InChI is InChI=1S/C22H26F3N7O3/c1-12(2)32-21(33-16-6-4-5-7-17(16)34-22(23,24)25)28-19(29-32)27-18-14-8-9-15(18)11-31(10-14)20-26-13(3)30-35-20/h4-7,12,14-15,18H,8-11H2,1-3H3,(H,27,29). The van der Waals surface area contributed by atoms with Crippen molar-refractivity contribution in [2.45, 2.75) is 52.1 Å². The van der Waals surface area contributed by atoms with Crippen molar-refractivity contribution in [3.63, 3.8) is 0 Å². The number of hydrogen-bond donors (Lipinski definition) is 1. The van der Waals surface area contributed by atoms with Crippen LogP contribution in [0, 0.1) is 18.8 Å². The summed E-state index contributed by atoms with van der Waals surface area (Å²) in [6.45, 7) is 7.11. The first-order valence-electron chi connectivity index (χ1n) is 11.5. The quantitative estimate of drug-likeness (QED) is 0.507. The minimum absolute atomic E-state index is 0.0758. The van der Waals surface area contributed by atoms with Crippen LogP contribution in [0.5, 0.6) is 17.5 Å². The van der Waals surface area contributed by atoms with Gasteiger partial charge in [0.1, 0.15) is 0 Å². The van der Waals surface area contributed by atoms with E-state index in [1.165, 1.54) is 22.9 Å². The smallest absolute Gasteiger partial charge is 0.420 e. The van der Waals surface area contributed by atoms with E-state index in [0.29, 0.717) is 29.6 Å². The van der Waals surface area contributed by atoms with Gasteiger partial charge < -0.3 is 24.2 Å². The van der Waals surface area contributed by atoms with Crippen LogP contribution in [0.3, 0.4) is 0 Å². The number of ether oxygens (including phenoxy) is 2. The largest absolute Gasteiger partial charge is 0.573 e. The van der Waals surface area contributed by atoms with Crippen LogP contribution in [0.25, 0.3) is 0 Å². The number of rotatable bonds is 7. The Kier molecular flexibility index (Phi) is 5.93. The summed E-state index contributed by atoms with van der Waals surface area (Å²) in [5.41, 5.74) is 0. The van der Waals surface area contributed by atoms with Gasteiger partial charge >= 0.3 is 18.4 Å². The van der Waals surface area contributed by atoms with Crippen LogP contribution in [0.4, 0.5) is 25.1 Å². The minimum atomic E-state index is -4.84. The van der Waals surface area contributed by atoms with E-state index in [9.17, 15) is 13.2 Å². The van der Waals surface area contributed by atoms with Gasteiger partial charge in [0.15, 0.2) is 17.3 Å². The topological polar surface area (TPSA) is 103 Å². The lowest BCUT2D eigenvalue weighted by atomic mass is 9.92. The predicted octanol–water partition coefficient (Wildman–Crippen LogP) is 4.57. The van der Waals surface area contributed by atoms with Crippen LogP contribution in [0.15, 0.2) is 28.8 Å². The highest BCUT2D eigenvalue weighted by molar-refractivity contribution is 5.42. The molecule has 0 amide bonds. The number of para-hydroxylation sites is 2. The van der Waals surface area contributed by atoms with E-state index in [-0.39, 0.29) is 23.8 Å². The first kappa shape index (κ1) is 23.2. The Hall–Kier alpha value is -3.51. The lowest BCUT2D eigenvalue weighted by Gasteiger charge is -2.37. The van der Waals surface area contributed by atoms with E-state index in [2.05, 4.69) is 35.2 Å². The molecule has 3 heterocycles. The SMILES string of the molecule is Cc1noc(N2CC3CCC(C2)C3Nc2nc(Oc3ccccc3OC(F)(F)F)n(C(C)C)n2)n1. The van der Waals surface area contributed by atoms with E-state index in [1.54, 1.807) is 13.0 Å². The van der Waals surface area contributed by atoms with Gasteiger partial charge in [-0.05, 0) is 57.6 Å². The molecule has 10 nitrogen and oxygen atoms in total. The third kappa shape index (κ3) is 4.98. The number of alkyl halides is 3. The number of benzene rings is 1. The third-order valence-electron chi connectivity index (χ3n) is 6.28. The van der Waals surface area contributed by atoms with Crippen LogP contribution >= 0.6 is 0 Å². The number of aryl methyl sites for hydroxylation is 1. The number of anilines is 2. The predicted molar refractivity (Wildman–Crippen MR) is 118 cm³/mol. The summed E-state index contributed by atoms with van der Waals surface area (Å²) in [6, 6.07) is 6.20. The zero-order chi connectivity index (χ0) is 24.7. The van der Waals surface area contributed by atoms with Gasteiger partial charge in [-0.1, -0.05) is 17.3 Å². The normalized spacial score (nSPS) is 22.0. The van der Waals surface area contributed by atoms with Crippen molar-refractivity contribution in [2.75, 3.05) is 23.3 Å². The summed E-state index contributed by atoms with van der Waals surface area (Å²) in [6.07, 6.45) is -2.75. The molecule has 188 valence electrons. The van der Waals surface area contributed by atoms with Crippen molar-refractivity contribution in [3.8, 4) is 17.5 Å². The van der Waals surface area contributed by atoms with Gasteiger partial charge in [0, 0.05) is 19.1 Å². The molecule has 5 rings (SSSR count). The molecule has 35 heavy (non-hydrogen) atoms. The highest BCUT2D eigenvalue weighted by Gasteiger charge is 2.44. The summed E-state index contributed by atoms with van der Waals surface area (Å²) >= 11 is 0. The molecule has 1 aliphatic heterocycles. The molecule has 2 aromatic heterocycles. The van der Waals surface area contributed by atoms with Crippen molar-refractivity contribution in [1.29, 1.82) is 0 Å². The van der Waals surface area contributed by atoms with Crippen LogP contribution < -0.4 is 19.7 Å². The van der Waals surface area contributed by atoms with Gasteiger partial charge in [-0.3, -0.25) is 0 Å². The molecular formula is C22H26F3N7O3. The maximum absolute atomic E-state index is 12.8. The first-order valence-corrected chi connectivity index (χ1v) is 11.5. The number of aromatic nitrogens is 5. The molecule has 0 radical (unpaired) electrons. The Balaban J connectivity index is 1.33. The van der Waals surface area contributed by atoms with Gasteiger partial charge in [-0.25, -0.2) is 4.68 Å². The second kappa shape index (κ2) is 8.93. The molecule has 1 saturated heterocycles. The second-order valence-corrected chi connectivity index (χ2v) is 9.15. The molecule has 1 aromatic carbocycles. The number of halogens is 3. The highest BCUT2D eigenvalue weighted by Crippen LogP contribution is 2.40. The van der Waals surface area contributed by atoms with Gasteiger partial charge in [0.2, 0.25) is 5.95 Å². The maximum atomic E-state index is 12.8. The molecule has 2 bridgehead atoms. The van der Waals surface area contributed by atoms with Crippen molar-refractivity contribution < 1.29 is 27.2 Å². The Morgan fingerprint density at radius 1 is 1.09 bits per heavy atom. The van der Waals surface area contributed by atoms with Crippen LogP contribution in [-0.2, 0) is 0 Å². The molecule has 3 aromatic rings. The molecule has 2 atom stereocenters. The van der Waals surface area contributed by atoms with Gasteiger partial charge in [-0.15, -0.1) is 18.3 Å².